The number of para-hydroxylation sites is 1. The number of piperidine rings is 1. The molecule has 2 rings (SSSR count). The summed E-state index contributed by atoms with van der Waals surface area (Å²) in [6, 6.07) is 4.00. The van der Waals surface area contributed by atoms with E-state index in [2.05, 4.69) is 0 Å². The number of carbonyl (C=O) groups is 2. The topological polar surface area (TPSA) is 136 Å². The quantitative estimate of drug-likeness (QED) is 0.467. The number of nitrogen functional groups attached to an aromatic ring is 1. The van der Waals surface area contributed by atoms with Crippen LogP contribution in [0.1, 0.15) is 23.2 Å². The summed E-state index contributed by atoms with van der Waals surface area (Å²) in [5.74, 6) is -1.55. The first-order chi connectivity index (χ1) is 11.3. The van der Waals surface area contributed by atoms with E-state index in [0.29, 0.717) is 19.4 Å². The number of nitro benzene ring substituents is 1. The van der Waals surface area contributed by atoms with Gasteiger partial charge in [0.1, 0.15) is 11.1 Å². The van der Waals surface area contributed by atoms with Crippen LogP contribution in [0.3, 0.4) is 0 Å². The molecular weight excluding hydrogens is 318 g/mol. The number of likely N-dealkylation sites (tertiary alicyclic amines) is 1. The van der Waals surface area contributed by atoms with E-state index in [1.807, 2.05) is 0 Å². The number of benzene rings is 1. The van der Waals surface area contributed by atoms with E-state index in [0.717, 1.165) is 0 Å². The van der Waals surface area contributed by atoms with Crippen molar-refractivity contribution in [1.82, 2.24) is 4.90 Å². The lowest BCUT2D eigenvalue weighted by Gasteiger charge is -2.39. The smallest absolute Gasteiger partial charge is 0.313 e. The Kier molecular flexibility index (Phi) is 5.03. The van der Waals surface area contributed by atoms with Gasteiger partial charge in [0.25, 0.3) is 11.6 Å². The maximum absolute atomic E-state index is 12.7. The normalized spacial score (nSPS) is 20.6. The molecule has 9 nitrogen and oxygen atoms in total. The zero-order valence-corrected chi connectivity index (χ0v) is 13.2. The second-order valence-electron chi connectivity index (χ2n) is 5.84. The van der Waals surface area contributed by atoms with Crippen LogP contribution in [0.4, 0.5) is 11.4 Å². The van der Waals surface area contributed by atoms with Crippen molar-refractivity contribution in [2.24, 2.45) is 5.41 Å². The van der Waals surface area contributed by atoms with Gasteiger partial charge in [-0.15, -0.1) is 0 Å². The molecule has 1 heterocycles. The highest BCUT2D eigenvalue weighted by molar-refractivity contribution is 6.01. The van der Waals surface area contributed by atoms with E-state index < -0.39 is 22.2 Å². The number of ether oxygens (including phenoxy) is 1. The molecule has 1 fully saturated rings. The second-order valence-corrected chi connectivity index (χ2v) is 5.84. The van der Waals surface area contributed by atoms with Crippen LogP contribution in [0, 0.1) is 15.5 Å². The largest absolute Gasteiger partial charge is 0.481 e. The molecule has 9 heteroatoms. The first kappa shape index (κ1) is 17.7. The van der Waals surface area contributed by atoms with Crippen LogP contribution in [0.2, 0.25) is 0 Å². The molecule has 1 aromatic carbocycles. The lowest BCUT2D eigenvalue weighted by atomic mass is 9.80. The van der Waals surface area contributed by atoms with Crippen molar-refractivity contribution in [3.8, 4) is 0 Å². The molecule has 3 N–H and O–H groups in total. The Hall–Kier alpha value is -2.68. The molecule has 1 unspecified atom stereocenters. The third kappa shape index (κ3) is 3.16. The number of carbonyl (C=O) groups excluding carboxylic acids is 1. The Morgan fingerprint density at radius 3 is 2.79 bits per heavy atom. The number of hydrogen-bond acceptors (Lipinski definition) is 6. The Morgan fingerprint density at radius 2 is 2.21 bits per heavy atom. The number of methoxy groups -OCH3 is 1. The molecule has 0 bridgehead atoms. The molecular formula is C15H19N3O6. The molecule has 1 atom stereocenters. The summed E-state index contributed by atoms with van der Waals surface area (Å²) in [5.41, 5.74) is 4.00. The predicted molar refractivity (Wildman–Crippen MR) is 84.6 cm³/mol. The minimum atomic E-state index is -1.18. The van der Waals surface area contributed by atoms with Crippen molar-refractivity contribution in [3.05, 3.63) is 33.9 Å². The number of carboxylic acids is 1. The van der Waals surface area contributed by atoms with Crippen LogP contribution in [0.5, 0.6) is 0 Å². The average Bonchev–Trinajstić information content (AvgIpc) is 2.54. The summed E-state index contributed by atoms with van der Waals surface area (Å²) in [6.07, 6.45) is 0.889. The zero-order chi connectivity index (χ0) is 17.9. The standard InChI is InChI=1S/C15H19N3O6/c1-24-9-15(14(20)21)6-3-7-17(8-15)13(19)10-4-2-5-11(12(10)16)18(22)23/h2,4-5H,3,6-9,16H2,1H3,(H,20,21). The minimum absolute atomic E-state index is 0.00260. The van der Waals surface area contributed by atoms with E-state index in [-0.39, 0.29) is 30.1 Å². The molecule has 1 aromatic rings. The molecule has 0 spiro atoms. The van der Waals surface area contributed by atoms with E-state index in [1.165, 1.54) is 30.2 Å². The first-order valence-corrected chi connectivity index (χ1v) is 7.37. The number of carboxylic acid groups (broad SMARTS) is 1. The summed E-state index contributed by atoms with van der Waals surface area (Å²) < 4.78 is 5.02. The average molecular weight is 337 g/mol. The number of rotatable bonds is 5. The number of nitro groups is 1. The number of anilines is 1. The lowest BCUT2D eigenvalue weighted by Crippen LogP contribution is -2.52. The molecule has 0 radical (unpaired) electrons. The SMILES string of the molecule is COCC1(C(=O)O)CCCN(C(=O)c2cccc([N+](=O)[O-])c2N)C1. The number of nitrogens with two attached hydrogens (primary N) is 1. The highest BCUT2D eigenvalue weighted by Gasteiger charge is 2.44. The third-order valence-corrected chi connectivity index (χ3v) is 4.25. The lowest BCUT2D eigenvalue weighted by molar-refractivity contribution is -0.383. The van der Waals surface area contributed by atoms with Gasteiger partial charge >= 0.3 is 5.97 Å². The number of aliphatic carboxylic acids is 1. The molecule has 0 saturated carbocycles. The Labute approximate surface area is 138 Å². The molecule has 24 heavy (non-hydrogen) atoms. The van der Waals surface area contributed by atoms with Crippen LogP contribution < -0.4 is 5.73 Å². The Balaban J connectivity index is 2.32. The van der Waals surface area contributed by atoms with E-state index in [9.17, 15) is 24.8 Å². The molecule has 1 amide bonds. The van der Waals surface area contributed by atoms with Crippen LogP contribution in [0.25, 0.3) is 0 Å². The van der Waals surface area contributed by atoms with Crippen molar-refractivity contribution >= 4 is 23.3 Å². The van der Waals surface area contributed by atoms with Gasteiger partial charge in [-0.05, 0) is 18.9 Å². The van der Waals surface area contributed by atoms with Gasteiger partial charge < -0.3 is 20.5 Å². The van der Waals surface area contributed by atoms with Gasteiger partial charge in [-0.3, -0.25) is 19.7 Å². The molecule has 1 saturated heterocycles. The van der Waals surface area contributed by atoms with Gasteiger partial charge in [-0.25, -0.2) is 0 Å². The summed E-state index contributed by atoms with van der Waals surface area (Å²) >= 11 is 0. The Morgan fingerprint density at radius 1 is 1.50 bits per heavy atom. The van der Waals surface area contributed by atoms with Crippen molar-refractivity contribution in [2.45, 2.75) is 12.8 Å². The highest BCUT2D eigenvalue weighted by Crippen LogP contribution is 2.33. The fourth-order valence-corrected chi connectivity index (χ4v) is 3.00. The van der Waals surface area contributed by atoms with Gasteiger partial charge in [0.05, 0.1) is 17.1 Å². The molecule has 0 aromatic heterocycles. The summed E-state index contributed by atoms with van der Waals surface area (Å²) in [6.45, 7) is 0.313. The second kappa shape index (κ2) is 6.83. The van der Waals surface area contributed by atoms with E-state index in [4.69, 9.17) is 10.5 Å². The van der Waals surface area contributed by atoms with Gasteiger partial charge in [-0.2, -0.15) is 0 Å². The zero-order valence-electron chi connectivity index (χ0n) is 13.2. The minimum Gasteiger partial charge on any atom is -0.481 e. The molecule has 1 aliphatic rings. The van der Waals surface area contributed by atoms with Crippen molar-refractivity contribution in [2.75, 3.05) is 32.5 Å². The monoisotopic (exact) mass is 337 g/mol. The van der Waals surface area contributed by atoms with Crippen molar-refractivity contribution in [1.29, 1.82) is 0 Å². The third-order valence-electron chi connectivity index (χ3n) is 4.25. The Bertz CT molecular complexity index is 673. The number of amides is 1. The van der Waals surface area contributed by atoms with Crippen LogP contribution >= 0.6 is 0 Å². The molecule has 130 valence electrons. The van der Waals surface area contributed by atoms with Gasteiger partial charge in [0, 0.05) is 26.3 Å². The van der Waals surface area contributed by atoms with Crippen LogP contribution in [-0.4, -0.2) is 53.6 Å². The highest BCUT2D eigenvalue weighted by atomic mass is 16.6. The molecule has 1 aliphatic heterocycles. The van der Waals surface area contributed by atoms with Crippen LogP contribution in [0.15, 0.2) is 18.2 Å². The first-order valence-electron chi connectivity index (χ1n) is 7.37. The van der Waals surface area contributed by atoms with Gasteiger partial charge in [-0.1, -0.05) is 6.07 Å². The summed E-state index contributed by atoms with van der Waals surface area (Å²) in [4.78, 5) is 36.0. The van der Waals surface area contributed by atoms with E-state index in [1.54, 1.807) is 0 Å². The van der Waals surface area contributed by atoms with E-state index >= 15 is 0 Å². The maximum atomic E-state index is 12.7. The van der Waals surface area contributed by atoms with Crippen molar-refractivity contribution < 1.29 is 24.4 Å². The molecule has 0 aliphatic carbocycles. The van der Waals surface area contributed by atoms with Crippen LogP contribution in [-0.2, 0) is 9.53 Å². The predicted octanol–water partition coefficient (Wildman–Crippen LogP) is 1.13. The number of hydrogen-bond donors (Lipinski definition) is 2. The number of nitrogens with zero attached hydrogens (tertiary/aromatic N) is 2. The van der Waals surface area contributed by atoms with Gasteiger partial charge in [0.2, 0.25) is 0 Å². The summed E-state index contributed by atoms with van der Waals surface area (Å²) in [5, 5.41) is 20.5. The fraction of sp³-hybridized carbons (Fsp3) is 0.467. The summed E-state index contributed by atoms with van der Waals surface area (Å²) in [7, 11) is 1.41. The fourth-order valence-electron chi connectivity index (χ4n) is 3.00. The van der Waals surface area contributed by atoms with Gasteiger partial charge in [0.15, 0.2) is 0 Å². The van der Waals surface area contributed by atoms with Crippen molar-refractivity contribution in [3.63, 3.8) is 0 Å². The maximum Gasteiger partial charge on any atom is 0.313 e.